The van der Waals surface area contributed by atoms with E-state index < -0.39 is 17.5 Å². The molecule has 0 bridgehead atoms. The molecule has 0 fully saturated rings. The molecule has 10 heteroatoms. The number of hydrogen-bond donors (Lipinski definition) is 1. The first kappa shape index (κ1) is 22.0. The highest BCUT2D eigenvalue weighted by molar-refractivity contribution is 6.04. The van der Waals surface area contributed by atoms with Crippen LogP contribution in [0.5, 0.6) is 17.2 Å². The summed E-state index contributed by atoms with van der Waals surface area (Å²) >= 11 is 0. The molecule has 0 atom stereocenters. The molecule has 3 rings (SSSR count). The van der Waals surface area contributed by atoms with Crippen LogP contribution in [0.1, 0.15) is 31.1 Å². The lowest BCUT2D eigenvalue weighted by Crippen LogP contribution is -2.13. The second kappa shape index (κ2) is 9.88. The molecular formula is C21H21F2N3O5. The maximum absolute atomic E-state index is 13.9. The predicted molar refractivity (Wildman–Crippen MR) is 108 cm³/mol. The van der Waals surface area contributed by atoms with Crippen molar-refractivity contribution in [2.75, 3.05) is 25.1 Å². The predicted octanol–water partition coefficient (Wildman–Crippen LogP) is 4.46. The standard InChI is InChI=1S/C21H21F2N3O5/c1-4-28-16-9-12(10-17(29-5-2)18(16)30-6-3)19(27)24-21-26-25-20(31-21)14-8-7-13(22)11-15(14)23/h7-11H,4-6H2,1-3H3,(H,24,26,27). The largest absolute Gasteiger partial charge is 0.490 e. The molecule has 0 aliphatic rings. The van der Waals surface area contributed by atoms with E-state index >= 15 is 0 Å². The topological polar surface area (TPSA) is 95.7 Å². The molecule has 31 heavy (non-hydrogen) atoms. The Kier molecular flexibility index (Phi) is 7.01. The van der Waals surface area contributed by atoms with E-state index in [4.69, 9.17) is 18.6 Å². The van der Waals surface area contributed by atoms with Gasteiger partial charge in [-0.15, -0.1) is 5.10 Å². The number of nitrogens with one attached hydrogen (secondary N) is 1. The highest BCUT2D eigenvalue weighted by Crippen LogP contribution is 2.39. The molecule has 3 aromatic rings. The molecule has 0 spiro atoms. The van der Waals surface area contributed by atoms with E-state index in [1.165, 1.54) is 18.2 Å². The minimum Gasteiger partial charge on any atom is -0.490 e. The van der Waals surface area contributed by atoms with Crippen LogP contribution in [-0.4, -0.2) is 35.9 Å². The zero-order chi connectivity index (χ0) is 22.4. The van der Waals surface area contributed by atoms with Gasteiger partial charge in [-0.25, -0.2) is 8.78 Å². The number of carbonyl (C=O) groups is 1. The number of carbonyl (C=O) groups excluding carboxylic acids is 1. The van der Waals surface area contributed by atoms with E-state index in [1.807, 2.05) is 6.92 Å². The van der Waals surface area contributed by atoms with Crippen molar-refractivity contribution < 1.29 is 32.2 Å². The van der Waals surface area contributed by atoms with Gasteiger partial charge >= 0.3 is 6.01 Å². The van der Waals surface area contributed by atoms with Crippen LogP contribution in [0.4, 0.5) is 14.8 Å². The van der Waals surface area contributed by atoms with Crippen molar-refractivity contribution in [3.8, 4) is 28.7 Å². The van der Waals surface area contributed by atoms with Gasteiger partial charge in [-0.3, -0.25) is 10.1 Å². The third-order valence-electron chi connectivity index (χ3n) is 3.98. The second-order valence-corrected chi connectivity index (χ2v) is 6.09. The number of anilines is 1. The first-order chi connectivity index (χ1) is 15.0. The normalized spacial score (nSPS) is 10.6. The number of hydrogen-bond acceptors (Lipinski definition) is 7. The van der Waals surface area contributed by atoms with Gasteiger partial charge in [-0.05, 0) is 45.0 Å². The van der Waals surface area contributed by atoms with Gasteiger partial charge in [0.25, 0.3) is 11.8 Å². The Labute approximate surface area is 177 Å². The lowest BCUT2D eigenvalue weighted by Gasteiger charge is -2.16. The van der Waals surface area contributed by atoms with Crippen LogP contribution in [0, 0.1) is 11.6 Å². The summed E-state index contributed by atoms with van der Waals surface area (Å²) in [5, 5.41) is 9.82. The van der Waals surface area contributed by atoms with Crippen LogP contribution >= 0.6 is 0 Å². The molecular weight excluding hydrogens is 412 g/mol. The Morgan fingerprint density at radius 2 is 1.61 bits per heavy atom. The monoisotopic (exact) mass is 433 g/mol. The number of rotatable bonds is 9. The summed E-state index contributed by atoms with van der Waals surface area (Å²) in [6.07, 6.45) is 0. The zero-order valence-electron chi connectivity index (χ0n) is 17.2. The van der Waals surface area contributed by atoms with Crippen LogP contribution in [0.3, 0.4) is 0 Å². The molecule has 1 amide bonds. The lowest BCUT2D eigenvalue weighted by molar-refractivity contribution is 0.102. The van der Waals surface area contributed by atoms with Crippen LogP contribution in [0.15, 0.2) is 34.7 Å². The SMILES string of the molecule is CCOc1cc(C(=O)Nc2nnc(-c3ccc(F)cc3F)o2)cc(OCC)c1OCC. The van der Waals surface area contributed by atoms with E-state index in [0.717, 1.165) is 6.07 Å². The molecule has 8 nitrogen and oxygen atoms in total. The Hall–Kier alpha value is -3.69. The quantitative estimate of drug-likeness (QED) is 0.532. The summed E-state index contributed by atoms with van der Waals surface area (Å²) in [5.41, 5.74) is 0.107. The average molecular weight is 433 g/mol. The molecule has 1 N–H and O–H groups in total. The third kappa shape index (κ3) is 5.08. The van der Waals surface area contributed by atoms with Gasteiger partial charge in [0, 0.05) is 11.6 Å². The first-order valence-electron chi connectivity index (χ1n) is 9.63. The molecule has 1 aromatic heterocycles. The molecule has 0 saturated carbocycles. The lowest BCUT2D eigenvalue weighted by atomic mass is 10.1. The van der Waals surface area contributed by atoms with Crippen molar-refractivity contribution in [1.29, 1.82) is 0 Å². The van der Waals surface area contributed by atoms with Crippen molar-refractivity contribution >= 4 is 11.9 Å². The number of nitrogens with zero attached hydrogens (tertiary/aromatic N) is 2. The number of amides is 1. The van der Waals surface area contributed by atoms with Crippen molar-refractivity contribution in [3.63, 3.8) is 0 Å². The summed E-state index contributed by atoms with van der Waals surface area (Å²) in [6.45, 7) is 6.52. The zero-order valence-corrected chi connectivity index (χ0v) is 17.2. The molecule has 0 radical (unpaired) electrons. The van der Waals surface area contributed by atoms with Crippen LogP contribution < -0.4 is 19.5 Å². The van der Waals surface area contributed by atoms with Gasteiger partial charge in [0.1, 0.15) is 11.6 Å². The Morgan fingerprint density at radius 3 is 2.19 bits per heavy atom. The van der Waals surface area contributed by atoms with Gasteiger partial charge < -0.3 is 18.6 Å². The highest BCUT2D eigenvalue weighted by Gasteiger charge is 2.20. The van der Waals surface area contributed by atoms with Gasteiger partial charge in [-0.1, -0.05) is 5.10 Å². The summed E-state index contributed by atoms with van der Waals surface area (Å²) in [4.78, 5) is 12.7. The van der Waals surface area contributed by atoms with E-state index in [1.54, 1.807) is 13.8 Å². The average Bonchev–Trinajstić information content (AvgIpc) is 3.18. The maximum atomic E-state index is 13.9. The molecule has 0 unspecified atom stereocenters. The van der Waals surface area contributed by atoms with Crippen LogP contribution in [0.25, 0.3) is 11.5 Å². The van der Waals surface area contributed by atoms with Gasteiger partial charge in [0.15, 0.2) is 11.5 Å². The summed E-state index contributed by atoms with van der Waals surface area (Å²) < 4.78 is 49.1. The van der Waals surface area contributed by atoms with Crippen LogP contribution in [-0.2, 0) is 0 Å². The van der Waals surface area contributed by atoms with Crippen molar-refractivity contribution in [2.45, 2.75) is 20.8 Å². The number of benzene rings is 2. The Bertz CT molecular complexity index is 1040. The Balaban J connectivity index is 1.87. The molecule has 0 aliphatic heterocycles. The van der Waals surface area contributed by atoms with E-state index in [-0.39, 0.29) is 23.0 Å². The highest BCUT2D eigenvalue weighted by atomic mass is 19.1. The molecule has 1 heterocycles. The van der Waals surface area contributed by atoms with Crippen LogP contribution in [0.2, 0.25) is 0 Å². The molecule has 0 aliphatic carbocycles. The maximum Gasteiger partial charge on any atom is 0.322 e. The second-order valence-electron chi connectivity index (χ2n) is 6.09. The fourth-order valence-corrected chi connectivity index (χ4v) is 2.73. The van der Waals surface area contributed by atoms with Crippen molar-refractivity contribution in [1.82, 2.24) is 10.2 Å². The van der Waals surface area contributed by atoms with Crippen molar-refractivity contribution in [2.24, 2.45) is 0 Å². The van der Waals surface area contributed by atoms with E-state index in [0.29, 0.717) is 43.1 Å². The van der Waals surface area contributed by atoms with Crippen molar-refractivity contribution in [3.05, 3.63) is 47.5 Å². The summed E-state index contributed by atoms with van der Waals surface area (Å²) in [6, 6.07) is 5.67. The number of ether oxygens (including phenoxy) is 3. The first-order valence-corrected chi connectivity index (χ1v) is 9.63. The third-order valence-corrected chi connectivity index (χ3v) is 3.98. The summed E-state index contributed by atoms with van der Waals surface area (Å²) in [5.74, 6) is -1.30. The number of aromatic nitrogens is 2. The van der Waals surface area contributed by atoms with Gasteiger partial charge in [0.05, 0.1) is 25.4 Å². The summed E-state index contributed by atoms with van der Waals surface area (Å²) in [7, 11) is 0. The van der Waals surface area contributed by atoms with E-state index in [9.17, 15) is 13.6 Å². The smallest absolute Gasteiger partial charge is 0.322 e. The minimum atomic E-state index is -0.865. The van der Waals surface area contributed by atoms with Gasteiger partial charge in [-0.2, -0.15) is 0 Å². The van der Waals surface area contributed by atoms with Gasteiger partial charge in [0.2, 0.25) is 5.75 Å². The molecule has 164 valence electrons. The molecule has 2 aromatic carbocycles. The molecule has 0 saturated heterocycles. The van der Waals surface area contributed by atoms with E-state index in [2.05, 4.69) is 15.5 Å². The minimum absolute atomic E-state index is 0.0901. The Morgan fingerprint density at radius 1 is 0.968 bits per heavy atom. The fourth-order valence-electron chi connectivity index (χ4n) is 2.73. The number of halogens is 2. The fraction of sp³-hybridized carbons (Fsp3) is 0.286.